The van der Waals surface area contributed by atoms with Crippen molar-refractivity contribution in [1.82, 2.24) is 0 Å². The summed E-state index contributed by atoms with van der Waals surface area (Å²) in [6.07, 6.45) is 0.674. The van der Waals surface area contributed by atoms with Gasteiger partial charge in [-0.3, -0.25) is 9.59 Å². The summed E-state index contributed by atoms with van der Waals surface area (Å²) in [5, 5.41) is -0.207. The first-order valence-electron chi connectivity index (χ1n) is 7.62. The normalized spacial score (nSPS) is 17.3. The molecule has 2 aromatic rings. The molecule has 2 aromatic carbocycles. The molecule has 1 heterocycles. The number of rotatable bonds is 5. The number of carbonyl (C=O) groups is 2. The third-order valence-electron chi connectivity index (χ3n) is 3.96. The molecule has 1 aliphatic heterocycles. The quantitative estimate of drug-likeness (QED) is 0.907. The SMILES string of the molecule is NC(=O)c1cccc(CS[C@@H]2CCN(c3ccccc3F)C2=O)c1. The Morgan fingerprint density at radius 3 is 2.79 bits per heavy atom. The summed E-state index contributed by atoms with van der Waals surface area (Å²) in [5.41, 5.74) is 7.01. The lowest BCUT2D eigenvalue weighted by atomic mass is 10.1. The van der Waals surface area contributed by atoms with Gasteiger partial charge < -0.3 is 10.6 Å². The van der Waals surface area contributed by atoms with Crippen molar-refractivity contribution in [2.45, 2.75) is 17.4 Å². The lowest BCUT2D eigenvalue weighted by molar-refractivity contribution is -0.116. The number of amides is 2. The molecule has 0 aromatic heterocycles. The smallest absolute Gasteiger partial charge is 0.248 e. The van der Waals surface area contributed by atoms with E-state index in [9.17, 15) is 14.0 Å². The molecule has 24 heavy (non-hydrogen) atoms. The highest BCUT2D eigenvalue weighted by molar-refractivity contribution is 7.99. The van der Waals surface area contributed by atoms with Crippen molar-refractivity contribution in [3.63, 3.8) is 0 Å². The van der Waals surface area contributed by atoms with Crippen molar-refractivity contribution in [1.29, 1.82) is 0 Å². The summed E-state index contributed by atoms with van der Waals surface area (Å²) in [5.74, 6) is -0.325. The van der Waals surface area contributed by atoms with Crippen molar-refractivity contribution in [2.24, 2.45) is 5.73 Å². The number of halogens is 1. The van der Waals surface area contributed by atoms with Crippen LogP contribution in [0.4, 0.5) is 10.1 Å². The van der Waals surface area contributed by atoms with Crippen molar-refractivity contribution in [2.75, 3.05) is 11.4 Å². The molecule has 1 fully saturated rings. The molecular formula is C18H17FN2O2S. The van der Waals surface area contributed by atoms with Gasteiger partial charge in [0.15, 0.2) is 0 Å². The number of benzene rings is 2. The zero-order chi connectivity index (χ0) is 17.1. The van der Waals surface area contributed by atoms with E-state index in [-0.39, 0.29) is 17.0 Å². The van der Waals surface area contributed by atoms with Crippen LogP contribution in [0.15, 0.2) is 48.5 Å². The number of nitrogens with two attached hydrogens (primary N) is 1. The number of hydrogen-bond donors (Lipinski definition) is 1. The molecule has 0 aliphatic carbocycles. The molecule has 0 unspecified atom stereocenters. The first kappa shape index (κ1) is 16.5. The Morgan fingerprint density at radius 2 is 2.04 bits per heavy atom. The fourth-order valence-corrected chi connectivity index (χ4v) is 3.84. The summed E-state index contributed by atoms with van der Waals surface area (Å²) >= 11 is 1.50. The molecule has 0 bridgehead atoms. The second-order valence-electron chi connectivity index (χ2n) is 5.59. The van der Waals surface area contributed by atoms with Gasteiger partial charge in [0, 0.05) is 17.9 Å². The summed E-state index contributed by atoms with van der Waals surface area (Å²) in [4.78, 5) is 25.2. The second-order valence-corrected chi connectivity index (χ2v) is 6.79. The maximum Gasteiger partial charge on any atom is 0.248 e. The van der Waals surface area contributed by atoms with Crippen LogP contribution in [0.5, 0.6) is 0 Å². The van der Waals surface area contributed by atoms with E-state index in [2.05, 4.69) is 0 Å². The third-order valence-corrected chi connectivity index (χ3v) is 5.30. The number of para-hydroxylation sites is 1. The van der Waals surface area contributed by atoms with Gasteiger partial charge in [0.2, 0.25) is 11.8 Å². The molecule has 2 N–H and O–H groups in total. The highest BCUT2D eigenvalue weighted by Crippen LogP contribution is 2.31. The molecule has 4 nitrogen and oxygen atoms in total. The topological polar surface area (TPSA) is 63.4 Å². The predicted molar refractivity (Wildman–Crippen MR) is 93.4 cm³/mol. The lowest BCUT2D eigenvalue weighted by Crippen LogP contribution is -2.28. The minimum Gasteiger partial charge on any atom is -0.366 e. The maximum atomic E-state index is 13.9. The van der Waals surface area contributed by atoms with E-state index in [1.807, 2.05) is 6.07 Å². The Labute approximate surface area is 143 Å². The van der Waals surface area contributed by atoms with Gasteiger partial charge in [-0.05, 0) is 36.2 Å². The van der Waals surface area contributed by atoms with Gasteiger partial charge in [0.25, 0.3) is 0 Å². The molecule has 1 aliphatic rings. The van der Waals surface area contributed by atoms with Crippen LogP contribution in [0.3, 0.4) is 0 Å². The number of thioether (sulfide) groups is 1. The molecular weight excluding hydrogens is 327 g/mol. The Hall–Kier alpha value is -2.34. The summed E-state index contributed by atoms with van der Waals surface area (Å²) < 4.78 is 13.9. The lowest BCUT2D eigenvalue weighted by Gasteiger charge is -2.17. The Bertz CT molecular complexity index is 781. The van der Waals surface area contributed by atoms with E-state index in [0.29, 0.717) is 30.0 Å². The monoisotopic (exact) mass is 344 g/mol. The van der Waals surface area contributed by atoms with Crippen LogP contribution in [-0.2, 0) is 10.5 Å². The van der Waals surface area contributed by atoms with Crippen molar-refractivity contribution in [3.05, 3.63) is 65.5 Å². The number of carbonyl (C=O) groups excluding carboxylic acids is 2. The third kappa shape index (κ3) is 3.43. The van der Waals surface area contributed by atoms with Gasteiger partial charge in [0.05, 0.1) is 10.9 Å². The number of anilines is 1. The van der Waals surface area contributed by atoms with E-state index in [1.54, 1.807) is 36.4 Å². The average molecular weight is 344 g/mol. The Balaban J connectivity index is 1.65. The highest BCUT2D eigenvalue weighted by atomic mass is 32.2. The van der Waals surface area contributed by atoms with E-state index in [4.69, 9.17) is 5.73 Å². The van der Waals surface area contributed by atoms with E-state index < -0.39 is 5.91 Å². The van der Waals surface area contributed by atoms with Crippen LogP contribution in [0.1, 0.15) is 22.3 Å². The van der Waals surface area contributed by atoms with Gasteiger partial charge in [-0.2, -0.15) is 0 Å². The summed E-state index contributed by atoms with van der Waals surface area (Å²) in [6.45, 7) is 0.513. The van der Waals surface area contributed by atoms with E-state index in [1.165, 1.54) is 22.7 Å². The van der Waals surface area contributed by atoms with Gasteiger partial charge in [0.1, 0.15) is 5.82 Å². The Kier molecular flexibility index (Phi) is 4.85. The first-order chi connectivity index (χ1) is 11.6. The molecule has 3 rings (SSSR count). The number of hydrogen-bond acceptors (Lipinski definition) is 3. The summed E-state index contributed by atoms with van der Waals surface area (Å²) in [6, 6.07) is 13.4. The maximum absolute atomic E-state index is 13.9. The number of nitrogens with zero attached hydrogens (tertiary/aromatic N) is 1. The van der Waals surface area contributed by atoms with Crippen LogP contribution in [0, 0.1) is 5.82 Å². The largest absolute Gasteiger partial charge is 0.366 e. The van der Waals surface area contributed by atoms with Crippen LogP contribution in [0.25, 0.3) is 0 Å². The average Bonchev–Trinajstić information content (AvgIpc) is 2.94. The minimum atomic E-state index is -0.468. The van der Waals surface area contributed by atoms with E-state index in [0.717, 1.165) is 5.56 Å². The predicted octanol–water partition coefficient (Wildman–Crippen LogP) is 2.96. The molecule has 1 saturated heterocycles. The van der Waals surface area contributed by atoms with Crippen molar-refractivity contribution >= 4 is 29.3 Å². The highest BCUT2D eigenvalue weighted by Gasteiger charge is 2.33. The molecule has 0 saturated carbocycles. The molecule has 0 spiro atoms. The van der Waals surface area contributed by atoms with Gasteiger partial charge in [-0.15, -0.1) is 11.8 Å². The van der Waals surface area contributed by atoms with Crippen LogP contribution >= 0.6 is 11.8 Å². The molecule has 6 heteroatoms. The van der Waals surface area contributed by atoms with Crippen molar-refractivity contribution in [3.8, 4) is 0 Å². The van der Waals surface area contributed by atoms with Gasteiger partial charge >= 0.3 is 0 Å². The molecule has 0 radical (unpaired) electrons. The first-order valence-corrected chi connectivity index (χ1v) is 8.67. The Morgan fingerprint density at radius 1 is 1.25 bits per heavy atom. The second kappa shape index (κ2) is 7.05. The van der Waals surface area contributed by atoms with Gasteiger partial charge in [-0.1, -0.05) is 24.3 Å². The fourth-order valence-electron chi connectivity index (χ4n) is 2.73. The zero-order valence-electron chi connectivity index (χ0n) is 12.9. The zero-order valence-corrected chi connectivity index (χ0v) is 13.8. The van der Waals surface area contributed by atoms with Crippen LogP contribution in [0.2, 0.25) is 0 Å². The number of primary amides is 1. The van der Waals surface area contributed by atoms with E-state index >= 15 is 0 Å². The molecule has 1 atom stereocenters. The van der Waals surface area contributed by atoms with Gasteiger partial charge in [-0.25, -0.2) is 4.39 Å². The summed E-state index contributed by atoms with van der Waals surface area (Å²) in [7, 11) is 0. The van der Waals surface area contributed by atoms with Crippen molar-refractivity contribution < 1.29 is 14.0 Å². The minimum absolute atomic E-state index is 0.0730. The van der Waals surface area contributed by atoms with Crippen LogP contribution in [-0.4, -0.2) is 23.6 Å². The van der Waals surface area contributed by atoms with Crippen LogP contribution < -0.4 is 10.6 Å². The molecule has 124 valence electrons. The fraction of sp³-hybridized carbons (Fsp3) is 0.222. The standard InChI is InChI=1S/C18H17FN2O2S/c19-14-6-1-2-7-15(14)21-9-8-16(18(21)23)24-11-12-4-3-5-13(10-12)17(20)22/h1-7,10,16H,8-9,11H2,(H2,20,22)/t16-/m1/s1. The molecule has 2 amide bonds.